The second-order valence-electron chi connectivity index (χ2n) is 4.14. The number of carbonyl (C=O) groups excluding carboxylic acids is 1. The van der Waals surface area contributed by atoms with Gasteiger partial charge in [-0.25, -0.2) is 4.39 Å². The summed E-state index contributed by atoms with van der Waals surface area (Å²) in [5.41, 5.74) is 0.923. The zero-order valence-electron chi connectivity index (χ0n) is 10.8. The van der Waals surface area contributed by atoms with Crippen LogP contribution in [0.5, 0.6) is 11.5 Å². The molecule has 0 aliphatic rings. The monoisotopic (exact) mass is 272 g/mol. The van der Waals surface area contributed by atoms with Crippen molar-refractivity contribution in [1.82, 2.24) is 0 Å². The van der Waals surface area contributed by atoms with Crippen molar-refractivity contribution in [2.24, 2.45) is 0 Å². The van der Waals surface area contributed by atoms with Crippen LogP contribution in [-0.2, 0) is 0 Å². The molecule has 0 aliphatic carbocycles. The first kappa shape index (κ1) is 13.8. The third-order valence-corrected chi connectivity index (χ3v) is 2.73. The lowest BCUT2D eigenvalue weighted by Crippen LogP contribution is -1.96. The van der Waals surface area contributed by atoms with Crippen LogP contribution in [0.25, 0.3) is 6.08 Å². The van der Waals surface area contributed by atoms with Gasteiger partial charge in [0.05, 0.1) is 7.11 Å². The predicted octanol–water partition coefficient (Wildman–Crippen LogP) is 3.44. The quantitative estimate of drug-likeness (QED) is 0.685. The van der Waals surface area contributed by atoms with Crippen molar-refractivity contribution in [2.75, 3.05) is 7.11 Å². The molecule has 0 saturated heterocycles. The molecule has 2 aromatic carbocycles. The van der Waals surface area contributed by atoms with Gasteiger partial charge in [-0.05, 0) is 42.0 Å². The summed E-state index contributed by atoms with van der Waals surface area (Å²) in [6, 6.07) is 10.5. The highest BCUT2D eigenvalue weighted by molar-refractivity contribution is 6.06. The maximum atomic E-state index is 13.5. The molecule has 2 aromatic rings. The molecule has 0 aliphatic heterocycles. The predicted molar refractivity (Wildman–Crippen MR) is 74.4 cm³/mol. The Balaban J connectivity index is 2.18. The first-order valence-electron chi connectivity index (χ1n) is 5.95. The molecule has 102 valence electrons. The van der Waals surface area contributed by atoms with Crippen molar-refractivity contribution in [1.29, 1.82) is 0 Å². The smallest absolute Gasteiger partial charge is 0.185 e. The molecule has 2 rings (SSSR count). The normalized spacial score (nSPS) is 10.7. The van der Waals surface area contributed by atoms with Crippen molar-refractivity contribution in [3.05, 3.63) is 65.5 Å². The lowest BCUT2D eigenvalue weighted by molar-refractivity contribution is 0.104. The van der Waals surface area contributed by atoms with E-state index in [1.165, 1.54) is 37.5 Å². The Morgan fingerprint density at radius 3 is 2.70 bits per heavy atom. The number of allylic oxidation sites excluding steroid dienone is 1. The molecule has 3 nitrogen and oxygen atoms in total. The number of phenols is 1. The third kappa shape index (κ3) is 3.23. The van der Waals surface area contributed by atoms with E-state index in [0.29, 0.717) is 5.56 Å². The van der Waals surface area contributed by atoms with E-state index in [1.807, 2.05) is 0 Å². The van der Waals surface area contributed by atoms with Gasteiger partial charge < -0.3 is 9.84 Å². The molecule has 0 radical (unpaired) electrons. The van der Waals surface area contributed by atoms with Gasteiger partial charge in [0.1, 0.15) is 5.75 Å². The zero-order valence-corrected chi connectivity index (χ0v) is 10.8. The van der Waals surface area contributed by atoms with Gasteiger partial charge in [-0.15, -0.1) is 0 Å². The second kappa shape index (κ2) is 6.02. The topological polar surface area (TPSA) is 46.5 Å². The van der Waals surface area contributed by atoms with E-state index >= 15 is 0 Å². The summed E-state index contributed by atoms with van der Waals surface area (Å²) in [4.78, 5) is 11.9. The largest absolute Gasteiger partial charge is 0.508 e. The fourth-order valence-corrected chi connectivity index (χ4v) is 1.72. The highest BCUT2D eigenvalue weighted by Gasteiger charge is 2.07. The summed E-state index contributed by atoms with van der Waals surface area (Å²) in [7, 11) is 1.36. The number of hydrogen-bond donors (Lipinski definition) is 1. The summed E-state index contributed by atoms with van der Waals surface area (Å²) in [5.74, 6) is -0.687. The van der Waals surface area contributed by atoms with E-state index in [4.69, 9.17) is 4.74 Å². The van der Waals surface area contributed by atoms with E-state index in [9.17, 15) is 14.3 Å². The number of ether oxygens (including phenoxy) is 1. The van der Waals surface area contributed by atoms with Crippen molar-refractivity contribution >= 4 is 11.9 Å². The molecule has 0 saturated carbocycles. The van der Waals surface area contributed by atoms with Gasteiger partial charge in [-0.3, -0.25) is 4.79 Å². The maximum Gasteiger partial charge on any atom is 0.185 e. The van der Waals surface area contributed by atoms with E-state index in [2.05, 4.69) is 0 Å². The molecule has 4 heteroatoms. The molecule has 1 N–H and O–H groups in total. The third-order valence-electron chi connectivity index (χ3n) is 2.73. The summed E-state index contributed by atoms with van der Waals surface area (Å²) in [5, 5.41) is 9.31. The molecule has 0 unspecified atom stereocenters. The van der Waals surface area contributed by atoms with Gasteiger partial charge in [0.25, 0.3) is 0 Å². The second-order valence-corrected chi connectivity index (χ2v) is 4.14. The summed E-state index contributed by atoms with van der Waals surface area (Å²) >= 11 is 0. The number of methoxy groups -OCH3 is 1. The van der Waals surface area contributed by atoms with Crippen LogP contribution in [0.1, 0.15) is 15.9 Å². The van der Waals surface area contributed by atoms with E-state index < -0.39 is 5.82 Å². The standard InChI is InChI=1S/C16H13FO3/c1-20-16-8-6-12(10-14(16)17)15(19)7-5-11-3-2-4-13(18)9-11/h2-10,18H,1H3/b7-5+. The number of phenolic OH excluding ortho intramolecular Hbond substituents is 1. The molecule has 0 aromatic heterocycles. The van der Waals surface area contributed by atoms with Gasteiger partial charge in [-0.1, -0.05) is 18.2 Å². The molecule has 0 amide bonds. The molecule has 20 heavy (non-hydrogen) atoms. The van der Waals surface area contributed by atoms with Crippen LogP contribution in [0.3, 0.4) is 0 Å². The molecular formula is C16H13FO3. The van der Waals surface area contributed by atoms with Gasteiger partial charge in [0, 0.05) is 5.56 Å². The zero-order chi connectivity index (χ0) is 14.5. The number of benzene rings is 2. The molecule has 0 heterocycles. The minimum atomic E-state index is -0.580. The van der Waals surface area contributed by atoms with Crippen LogP contribution in [0.2, 0.25) is 0 Å². The van der Waals surface area contributed by atoms with Crippen LogP contribution >= 0.6 is 0 Å². The Morgan fingerprint density at radius 2 is 2.05 bits per heavy atom. The Hall–Kier alpha value is -2.62. The number of hydrogen-bond acceptors (Lipinski definition) is 3. The average molecular weight is 272 g/mol. The van der Waals surface area contributed by atoms with Gasteiger partial charge >= 0.3 is 0 Å². The Kier molecular flexibility index (Phi) is 4.15. The van der Waals surface area contributed by atoms with E-state index in [1.54, 1.807) is 18.2 Å². The number of halogens is 1. The van der Waals surface area contributed by atoms with Crippen molar-refractivity contribution in [3.63, 3.8) is 0 Å². The van der Waals surface area contributed by atoms with Gasteiger partial charge in [0.2, 0.25) is 0 Å². The highest BCUT2D eigenvalue weighted by atomic mass is 19.1. The van der Waals surface area contributed by atoms with E-state index in [0.717, 1.165) is 6.07 Å². The van der Waals surface area contributed by atoms with Crippen LogP contribution < -0.4 is 4.74 Å². The fourth-order valence-electron chi connectivity index (χ4n) is 1.72. The van der Waals surface area contributed by atoms with Crippen molar-refractivity contribution in [2.45, 2.75) is 0 Å². The average Bonchev–Trinajstić information content (AvgIpc) is 2.44. The maximum absolute atomic E-state index is 13.5. The Morgan fingerprint density at radius 1 is 1.25 bits per heavy atom. The number of rotatable bonds is 4. The van der Waals surface area contributed by atoms with Gasteiger partial charge in [0.15, 0.2) is 17.3 Å². The SMILES string of the molecule is COc1ccc(C(=O)/C=C/c2cccc(O)c2)cc1F. The fraction of sp³-hybridized carbons (Fsp3) is 0.0625. The van der Waals surface area contributed by atoms with Crippen LogP contribution in [0.15, 0.2) is 48.5 Å². The Labute approximate surface area is 115 Å². The van der Waals surface area contributed by atoms with Crippen molar-refractivity contribution in [3.8, 4) is 11.5 Å². The number of aromatic hydroxyl groups is 1. The summed E-state index contributed by atoms with van der Waals surface area (Å²) in [6.07, 6.45) is 2.89. The van der Waals surface area contributed by atoms with Crippen LogP contribution in [-0.4, -0.2) is 18.0 Å². The molecule has 0 atom stereocenters. The highest BCUT2D eigenvalue weighted by Crippen LogP contribution is 2.18. The molecular weight excluding hydrogens is 259 g/mol. The summed E-state index contributed by atoms with van der Waals surface area (Å²) < 4.78 is 18.3. The van der Waals surface area contributed by atoms with Crippen LogP contribution in [0, 0.1) is 5.82 Å². The molecule has 0 spiro atoms. The minimum absolute atomic E-state index is 0.0958. The van der Waals surface area contributed by atoms with Gasteiger partial charge in [-0.2, -0.15) is 0 Å². The lowest BCUT2D eigenvalue weighted by atomic mass is 10.1. The van der Waals surface area contributed by atoms with E-state index in [-0.39, 0.29) is 22.8 Å². The number of ketones is 1. The lowest BCUT2D eigenvalue weighted by Gasteiger charge is -2.02. The van der Waals surface area contributed by atoms with Crippen molar-refractivity contribution < 1.29 is 19.0 Å². The first-order chi connectivity index (χ1) is 9.60. The first-order valence-corrected chi connectivity index (χ1v) is 5.95. The number of carbonyl (C=O) groups is 1. The Bertz CT molecular complexity index is 663. The molecule has 0 fully saturated rings. The summed E-state index contributed by atoms with van der Waals surface area (Å²) in [6.45, 7) is 0. The molecule has 0 bridgehead atoms. The van der Waals surface area contributed by atoms with Crippen LogP contribution in [0.4, 0.5) is 4.39 Å². The minimum Gasteiger partial charge on any atom is -0.508 e.